The molecule has 1 amide bonds. The summed E-state index contributed by atoms with van der Waals surface area (Å²) in [5.74, 6) is 3.14. The normalized spacial score (nSPS) is 9.35. The summed E-state index contributed by atoms with van der Waals surface area (Å²) in [5.41, 5.74) is 0.261. The molecule has 6 heteroatoms. The van der Waals surface area contributed by atoms with Crippen LogP contribution >= 0.6 is 0 Å². The first kappa shape index (κ1) is 15.7. The zero-order valence-electron chi connectivity index (χ0n) is 10.9. The van der Waals surface area contributed by atoms with Gasteiger partial charge in [-0.25, -0.2) is 4.39 Å². The van der Waals surface area contributed by atoms with E-state index >= 15 is 0 Å². The molecule has 1 aromatic rings. The van der Waals surface area contributed by atoms with Crippen molar-refractivity contribution in [3.63, 3.8) is 0 Å². The second-order valence-corrected chi connectivity index (χ2v) is 3.64. The van der Waals surface area contributed by atoms with Crippen LogP contribution in [0.15, 0.2) is 18.2 Å². The van der Waals surface area contributed by atoms with Crippen LogP contribution in [0.5, 0.6) is 0 Å². The molecular weight excluding hydrogens is 265 g/mol. The minimum atomic E-state index is -0.569. The van der Waals surface area contributed by atoms with E-state index in [0.717, 1.165) is 12.1 Å². The summed E-state index contributed by atoms with van der Waals surface area (Å²) in [6, 6.07) is 3.46. The molecule has 0 atom stereocenters. The topological polar surface area (TPSA) is 75.6 Å². The van der Waals surface area contributed by atoms with E-state index in [0.29, 0.717) is 0 Å². The number of aliphatic hydroxyl groups is 1. The predicted octanol–water partition coefficient (Wildman–Crippen LogP) is 0.462. The van der Waals surface area contributed by atoms with Crippen molar-refractivity contribution in [1.82, 2.24) is 5.32 Å². The number of esters is 1. The number of aliphatic hydroxyl groups excluding tert-OH is 1. The molecule has 1 aromatic carbocycles. The van der Waals surface area contributed by atoms with Crippen LogP contribution < -0.4 is 5.32 Å². The Bertz CT molecular complexity index is 560. The van der Waals surface area contributed by atoms with E-state index in [2.05, 4.69) is 21.9 Å². The average molecular weight is 279 g/mol. The summed E-state index contributed by atoms with van der Waals surface area (Å²) in [6.45, 7) is 1.19. The van der Waals surface area contributed by atoms with E-state index in [4.69, 9.17) is 5.11 Å². The van der Waals surface area contributed by atoms with Crippen LogP contribution in [-0.2, 0) is 9.53 Å². The molecule has 0 bridgehead atoms. The van der Waals surface area contributed by atoms with Crippen molar-refractivity contribution in [2.45, 2.75) is 6.92 Å². The number of hydrogen-bond donors (Lipinski definition) is 2. The average Bonchev–Trinajstić information content (AvgIpc) is 2.43. The summed E-state index contributed by atoms with van der Waals surface area (Å²) < 4.78 is 17.8. The minimum Gasteiger partial charge on any atom is -0.465 e. The quantitative estimate of drug-likeness (QED) is 0.620. The molecule has 0 aliphatic heterocycles. The number of halogens is 1. The Morgan fingerprint density at radius 2 is 2.20 bits per heavy atom. The number of benzene rings is 1. The summed E-state index contributed by atoms with van der Waals surface area (Å²) >= 11 is 0. The van der Waals surface area contributed by atoms with Crippen LogP contribution in [0.2, 0.25) is 0 Å². The Balaban J connectivity index is 2.84. The lowest BCUT2D eigenvalue weighted by atomic mass is 10.1. The Morgan fingerprint density at radius 3 is 2.85 bits per heavy atom. The van der Waals surface area contributed by atoms with Gasteiger partial charge in [0.1, 0.15) is 19.0 Å². The van der Waals surface area contributed by atoms with E-state index in [-0.39, 0.29) is 24.3 Å². The summed E-state index contributed by atoms with van der Waals surface area (Å²) in [4.78, 5) is 23.0. The number of rotatable bonds is 4. The lowest BCUT2D eigenvalue weighted by Crippen LogP contribution is -2.31. The molecule has 0 aliphatic rings. The maximum absolute atomic E-state index is 13.1. The van der Waals surface area contributed by atoms with E-state index in [1.807, 2.05) is 0 Å². The molecule has 106 valence electrons. The van der Waals surface area contributed by atoms with Gasteiger partial charge in [-0.05, 0) is 25.1 Å². The monoisotopic (exact) mass is 279 g/mol. The van der Waals surface area contributed by atoms with Crippen LogP contribution in [0.3, 0.4) is 0 Å². The molecule has 0 saturated carbocycles. The first-order valence-electron chi connectivity index (χ1n) is 5.91. The molecule has 0 unspecified atom stereocenters. The maximum Gasteiger partial charge on any atom is 0.325 e. The van der Waals surface area contributed by atoms with Crippen LogP contribution in [0.4, 0.5) is 4.39 Å². The Labute approximate surface area is 115 Å². The van der Waals surface area contributed by atoms with Gasteiger partial charge in [0, 0.05) is 5.56 Å². The van der Waals surface area contributed by atoms with Crippen molar-refractivity contribution in [1.29, 1.82) is 0 Å². The highest BCUT2D eigenvalue weighted by atomic mass is 19.1. The molecule has 0 saturated heterocycles. The zero-order valence-corrected chi connectivity index (χ0v) is 10.9. The van der Waals surface area contributed by atoms with Gasteiger partial charge < -0.3 is 15.2 Å². The minimum absolute atomic E-state index is 0.122. The summed E-state index contributed by atoms with van der Waals surface area (Å²) in [6.07, 6.45) is 0. The van der Waals surface area contributed by atoms with E-state index in [1.54, 1.807) is 6.92 Å². The van der Waals surface area contributed by atoms with Crippen LogP contribution in [-0.4, -0.2) is 36.7 Å². The smallest absolute Gasteiger partial charge is 0.325 e. The second-order valence-electron chi connectivity index (χ2n) is 3.64. The lowest BCUT2D eigenvalue weighted by Gasteiger charge is -2.07. The second kappa shape index (κ2) is 7.92. The van der Waals surface area contributed by atoms with Crippen LogP contribution in [0.25, 0.3) is 0 Å². The number of amides is 1. The Morgan fingerprint density at radius 1 is 1.45 bits per heavy atom. The highest BCUT2D eigenvalue weighted by Gasteiger charge is 2.12. The van der Waals surface area contributed by atoms with Crippen molar-refractivity contribution in [3.05, 3.63) is 35.1 Å². The number of nitrogens with one attached hydrogen (secondary N) is 1. The van der Waals surface area contributed by atoms with Crippen LogP contribution in [0, 0.1) is 17.7 Å². The third kappa shape index (κ3) is 4.71. The van der Waals surface area contributed by atoms with E-state index in [1.165, 1.54) is 6.07 Å². The molecular formula is C14H14FNO4. The molecule has 0 aliphatic carbocycles. The molecule has 0 spiro atoms. The van der Waals surface area contributed by atoms with Gasteiger partial charge >= 0.3 is 5.97 Å². The summed E-state index contributed by atoms with van der Waals surface area (Å²) in [7, 11) is 0. The van der Waals surface area contributed by atoms with Crippen molar-refractivity contribution in [2.24, 2.45) is 0 Å². The van der Waals surface area contributed by atoms with Gasteiger partial charge in [-0.1, -0.05) is 11.8 Å². The fraction of sp³-hybridized carbons (Fsp3) is 0.286. The van der Waals surface area contributed by atoms with Gasteiger partial charge in [0.15, 0.2) is 0 Å². The number of carbonyl (C=O) groups excluding carboxylic acids is 2. The Hall–Kier alpha value is -2.39. The predicted molar refractivity (Wildman–Crippen MR) is 69.3 cm³/mol. The maximum atomic E-state index is 13.1. The Kier molecular flexibility index (Phi) is 6.20. The van der Waals surface area contributed by atoms with Gasteiger partial charge in [-0.3, -0.25) is 9.59 Å². The fourth-order valence-electron chi connectivity index (χ4n) is 1.41. The van der Waals surface area contributed by atoms with Gasteiger partial charge in [0.05, 0.1) is 12.2 Å². The van der Waals surface area contributed by atoms with Crippen molar-refractivity contribution in [3.8, 4) is 11.8 Å². The fourth-order valence-corrected chi connectivity index (χ4v) is 1.41. The molecule has 0 aromatic heterocycles. The molecule has 20 heavy (non-hydrogen) atoms. The first-order valence-corrected chi connectivity index (χ1v) is 5.91. The lowest BCUT2D eigenvalue weighted by molar-refractivity contribution is -0.141. The van der Waals surface area contributed by atoms with Crippen molar-refractivity contribution in [2.75, 3.05) is 19.8 Å². The SMILES string of the molecule is CCOC(=O)CNC(=O)c1ccc(F)cc1C#CCO. The van der Waals surface area contributed by atoms with E-state index < -0.39 is 24.3 Å². The van der Waals surface area contributed by atoms with Gasteiger partial charge in [0.25, 0.3) is 5.91 Å². The molecule has 1 rings (SSSR count). The standard InChI is InChI=1S/C14H14FNO4/c1-2-20-13(18)9-16-14(19)12-6-5-11(15)8-10(12)4-3-7-17/h5-6,8,17H,2,7,9H2,1H3,(H,16,19). The first-order chi connectivity index (χ1) is 9.58. The number of carbonyl (C=O) groups is 2. The largest absolute Gasteiger partial charge is 0.465 e. The number of hydrogen-bond acceptors (Lipinski definition) is 4. The van der Waals surface area contributed by atoms with Gasteiger partial charge in [0.2, 0.25) is 0 Å². The third-order valence-electron chi connectivity index (χ3n) is 2.23. The molecule has 2 N–H and O–H groups in total. The van der Waals surface area contributed by atoms with Gasteiger partial charge in [-0.15, -0.1) is 0 Å². The zero-order chi connectivity index (χ0) is 15.0. The van der Waals surface area contributed by atoms with Crippen molar-refractivity contribution >= 4 is 11.9 Å². The molecule has 5 nitrogen and oxygen atoms in total. The molecule has 0 heterocycles. The van der Waals surface area contributed by atoms with Crippen molar-refractivity contribution < 1.29 is 23.8 Å². The van der Waals surface area contributed by atoms with Crippen LogP contribution in [0.1, 0.15) is 22.8 Å². The van der Waals surface area contributed by atoms with Gasteiger partial charge in [-0.2, -0.15) is 0 Å². The third-order valence-corrected chi connectivity index (χ3v) is 2.23. The highest BCUT2D eigenvalue weighted by molar-refractivity contribution is 5.98. The number of ether oxygens (including phenoxy) is 1. The molecule has 0 fully saturated rings. The highest BCUT2D eigenvalue weighted by Crippen LogP contribution is 2.10. The van der Waals surface area contributed by atoms with E-state index in [9.17, 15) is 14.0 Å². The molecule has 0 radical (unpaired) electrons. The summed E-state index contributed by atoms with van der Waals surface area (Å²) in [5, 5.41) is 11.0.